The minimum Gasteiger partial charge on any atom is -0.393 e. The van der Waals surface area contributed by atoms with Crippen molar-refractivity contribution in [3.05, 3.63) is 0 Å². The van der Waals surface area contributed by atoms with Gasteiger partial charge in [-0.1, -0.05) is 153 Å². The molecule has 23 heavy (non-hydrogen) atoms. The largest absolute Gasteiger partial charge is 0.393 e. The summed E-state index contributed by atoms with van der Waals surface area (Å²) in [6.45, 7) is 0.803. The molecule has 0 rings (SSSR count). The quantitative estimate of drug-likeness (QED) is 0.295. The van der Waals surface area contributed by atoms with Crippen LogP contribution in [-0.2, 0) is 0 Å². The van der Waals surface area contributed by atoms with E-state index in [0.29, 0.717) is 6.42 Å². The predicted octanol–water partition coefficient (Wildman–Crippen LogP) is 7.82. The predicted molar refractivity (Wildman–Crippen MR) is 109 cm³/mol. The summed E-state index contributed by atoms with van der Waals surface area (Å²) in [4.78, 5) is 0. The maximum atomic E-state index is 9.25. The van der Waals surface area contributed by atoms with E-state index in [2.05, 4.69) is 0 Å². The summed E-state index contributed by atoms with van der Waals surface area (Å²) < 4.78 is -14.3. The Balaban J connectivity index is 6.17. The van der Waals surface area contributed by atoms with E-state index in [4.69, 9.17) is 139 Å². The van der Waals surface area contributed by atoms with E-state index in [1.165, 1.54) is 0 Å². The van der Waals surface area contributed by atoms with Crippen LogP contribution in [0.2, 0.25) is 0 Å². The lowest BCUT2D eigenvalue weighted by Crippen LogP contribution is -2.66. The summed E-state index contributed by atoms with van der Waals surface area (Å²) in [5.41, 5.74) is 0. The van der Waals surface area contributed by atoms with Gasteiger partial charge in [0, 0.05) is 0 Å². The molecular weight excluding hydrogens is 562 g/mol. The molecule has 0 fully saturated rings. The summed E-state index contributed by atoms with van der Waals surface area (Å²) in [6.07, 6.45) is 0.534. The summed E-state index contributed by atoms with van der Waals surface area (Å²) in [7, 11) is 0. The number of aliphatic hydroxyl groups excluding tert-OH is 1. The van der Waals surface area contributed by atoms with Crippen molar-refractivity contribution in [3.8, 4) is 0 Å². The zero-order valence-corrected chi connectivity index (χ0v) is 20.2. The van der Waals surface area contributed by atoms with Crippen molar-refractivity contribution >= 4 is 139 Å². The van der Waals surface area contributed by atoms with Gasteiger partial charge in [0.05, 0.1) is 6.61 Å². The molecule has 0 aliphatic carbocycles. The van der Waals surface area contributed by atoms with E-state index < -0.39 is 32.6 Å². The molecular formula is C10H10Cl12O. The molecule has 0 bridgehead atoms. The fraction of sp³-hybridized carbons (Fsp3) is 1.00. The van der Waals surface area contributed by atoms with Gasteiger partial charge in [-0.15, -0.1) is 0 Å². The average molecular weight is 572 g/mol. The first-order chi connectivity index (χ1) is 9.87. The van der Waals surface area contributed by atoms with Gasteiger partial charge in [-0.05, 0) is 6.42 Å². The van der Waals surface area contributed by atoms with Crippen LogP contribution in [0.25, 0.3) is 0 Å². The maximum Gasteiger partial charge on any atom is 0.189 e. The number of rotatable bonds is 8. The van der Waals surface area contributed by atoms with Crippen LogP contribution < -0.4 is 0 Å². The molecule has 0 aromatic heterocycles. The molecule has 0 spiro atoms. The van der Waals surface area contributed by atoms with Crippen LogP contribution in [0, 0.1) is 0 Å². The summed E-state index contributed by atoms with van der Waals surface area (Å²) in [5.74, 6) is 0. The van der Waals surface area contributed by atoms with Gasteiger partial charge in [-0.3, -0.25) is 0 Å². The smallest absolute Gasteiger partial charge is 0.189 e. The molecule has 1 N–H and O–H groups in total. The highest BCUT2D eigenvalue weighted by Crippen LogP contribution is 2.68. The first-order valence-electron chi connectivity index (χ1n) is 5.75. The molecule has 0 aliphatic rings. The lowest BCUT2D eigenvalue weighted by molar-refractivity contribution is 0.262. The van der Waals surface area contributed by atoms with Crippen molar-refractivity contribution < 1.29 is 5.11 Å². The minimum atomic E-state index is -2.63. The maximum absolute atomic E-state index is 9.25. The SMILES string of the molecule is CCCC(Cl)(Cl)C(Cl)(Cl)C(Cl)(Cl)C(Cl)(Cl)C(Cl)(Cl)C(Cl)(Cl)CO. The third kappa shape index (κ3) is 4.55. The Morgan fingerprint density at radius 3 is 1.13 bits per heavy atom. The van der Waals surface area contributed by atoms with E-state index in [1.54, 1.807) is 6.92 Å². The van der Waals surface area contributed by atoms with Crippen LogP contribution in [0.5, 0.6) is 0 Å². The second kappa shape index (κ2) is 8.44. The topological polar surface area (TPSA) is 20.2 Å². The lowest BCUT2D eigenvalue weighted by Gasteiger charge is -2.51. The van der Waals surface area contributed by atoms with Gasteiger partial charge in [-0.25, -0.2) is 0 Å². The minimum absolute atomic E-state index is 0.0681. The van der Waals surface area contributed by atoms with E-state index in [1.807, 2.05) is 0 Å². The van der Waals surface area contributed by atoms with E-state index in [0.717, 1.165) is 0 Å². The van der Waals surface area contributed by atoms with Crippen molar-refractivity contribution in [2.45, 2.75) is 45.8 Å². The third-order valence-corrected chi connectivity index (χ3v) is 11.2. The second-order valence-corrected chi connectivity index (χ2v) is 12.9. The molecule has 0 heterocycles. The Morgan fingerprint density at radius 1 is 0.565 bits per heavy atom. The normalized spacial score (nSPS) is 15.9. The molecule has 0 amide bonds. The molecule has 1 nitrogen and oxygen atoms in total. The molecule has 13 heteroatoms. The van der Waals surface area contributed by atoms with Crippen LogP contribution in [-0.4, -0.2) is 37.7 Å². The molecule has 0 aromatic rings. The monoisotopic (exact) mass is 566 g/mol. The number of halogens is 12. The summed E-state index contributed by atoms with van der Waals surface area (Å²) in [6, 6.07) is 0. The second-order valence-electron chi connectivity index (χ2n) is 4.61. The van der Waals surface area contributed by atoms with Gasteiger partial charge in [0.1, 0.15) is 0 Å². The van der Waals surface area contributed by atoms with Crippen LogP contribution >= 0.6 is 139 Å². The molecule has 0 unspecified atom stereocenters. The number of hydrogen-bond donors (Lipinski definition) is 1. The van der Waals surface area contributed by atoms with Crippen LogP contribution in [0.1, 0.15) is 19.8 Å². The molecule has 0 aromatic carbocycles. The highest BCUT2D eigenvalue weighted by atomic mass is 35.6. The highest BCUT2D eigenvalue weighted by Gasteiger charge is 2.76. The standard InChI is InChI=1S/C10H10Cl12O/c1-2-3-5(11,12)7(15,16)9(19,20)10(21,22)8(17,18)6(13,14)4-23/h23H,2-4H2,1H3. The number of aliphatic hydroxyl groups is 1. The van der Waals surface area contributed by atoms with Gasteiger partial charge in [0.2, 0.25) is 0 Å². The Kier molecular flexibility index (Phi) is 9.70. The van der Waals surface area contributed by atoms with Gasteiger partial charge in [-0.2, -0.15) is 0 Å². The van der Waals surface area contributed by atoms with Gasteiger partial charge in [0.25, 0.3) is 0 Å². The third-order valence-electron chi connectivity index (χ3n) is 2.86. The van der Waals surface area contributed by atoms with Crippen LogP contribution in [0.15, 0.2) is 0 Å². The first-order valence-corrected chi connectivity index (χ1v) is 10.3. The van der Waals surface area contributed by atoms with Crippen molar-refractivity contribution in [2.24, 2.45) is 0 Å². The number of alkyl halides is 12. The van der Waals surface area contributed by atoms with Crippen molar-refractivity contribution in [1.82, 2.24) is 0 Å². The molecule has 0 atom stereocenters. The Bertz CT molecular complexity index is 416. The molecule has 0 saturated heterocycles. The molecule has 0 radical (unpaired) electrons. The van der Waals surface area contributed by atoms with Gasteiger partial charge in [0.15, 0.2) is 26.0 Å². The van der Waals surface area contributed by atoms with E-state index in [-0.39, 0.29) is 6.42 Å². The van der Waals surface area contributed by atoms with Crippen LogP contribution in [0.3, 0.4) is 0 Å². The Labute approximate surface area is 194 Å². The zero-order chi connectivity index (χ0) is 19.1. The van der Waals surface area contributed by atoms with Crippen molar-refractivity contribution in [1.29, 1.82) is 0 Å². The highest BCUT2D eigenvalue weighted by molar-refractivity contribution is 6.78. The summed E-state index contributed by atoms with van der Waals surface area (Å²) in [5, 5.41) is 9.25. The fourth-order valence-electron chi connectivity index (χ4n) is 1.42. The van der Waals surface area contributed by atoms with Crippen molar-refractivity contribution in [3.63, 3.8) is 0 Å². The molecule has 0 saturated carbocycles. The first kappa shape index (κ1) is 26.4. The molecule has 140 valence electrons. The zero-order valence-electron chi connectivity index (χ0n) is 11.1. The van der Waals surface area contributed by atoms with Crippen molar-refractivity contribution in [2.75, 3.05) is 6.61 Å². The number of hydrogen-bond acceptors (Lipinski definition) is 1. The average Bonchev–Trinajstić information content (AvgIpc) is 2.37. The van der Waals surface area contributed by atoms with Gasteiger partial charge >= 0.3 is 0 Å². The lowest BCUT2D eigenvalue weighted by atomic mass is 10.0. The summed E-state index contributed by atoms with van der Waals surface area (Å²) >= 11 is 73.1. The fourth-order valence-corrected chi connectivity index (χ4v) is 5.23. The Morgan fingerprint density at radius 2 is 0.870 bits per heavy atom. The molecule has 0 aliphatic heterocycles. The van der Waals surface area contributed by atoms with Gasteiger partial charge < -0.3 is 5.11 Å². The van der Waals surface area contributed by atoms with Crippen LogP contribution in [0.4, 0.5) is 0 Å². The van der Waals surface area contributed by atoms with E-state index >= 15 is 0 Å². The Hall–Kier alpha value is 3.44. The van der Waals surface area contributed by atoms with E-state index in [9.17, 15) is 5.11 Å².